The van der Waals surface area contributed by atoms with Crippen LogP contribution in [0.15, 0.2) is 29.6 Å². The first-order valence-corrected chi connectivity index (χ1v) is 7.51. The van der Waals surface area contributed by atoms with E-state index >= 15 is 0 Å². The van der Waals surface area contributed by atoms with Gasteiger partial charge in [0.05, 0.1) is 11.8 Å². The number of nitrogens with one attached hydrogen (secondary N) is 1. The molecule has 21 heavy (non-hydrogen) atoms. The lowest BCUT2D eigenvalue weighted by Crippen LogP contribution is -2.10. The van der Waals surface area contributed by atoms with Gasteiger partial charge in [0.2, 0.25) is 5.91 Å². The average molecular weight is 299 g/mol. The minimum atomic E-state index is -0.332. The number of benzene rings is 1. The highest BCUT2D eigenvalue weighted by atomic mass is 32.1. The Morgan fingerprint density at radius 3 is 2.86 bits per heavy atom. The van der Waals surface area contributed by atoms with Crippen LogP contribution in [0.5, 0.6) is 0 Å². The van der Waals surface area contributed by atoms with Crippen LogP contribution in [-0.4, -0.2) is 10.9 Å². The number of nitrogens with zero attached hydrogens (tertiary/aromatic N) is 2. The largest absolute Gasteiger partial charge is 0.301 e. The van der Waals surface area contributed by atoms with Gasteiger partial charge in [0.25, 0.3) is 0 Å². The Bertz CT molecular complexity index is 692. The lowest BCUT2D eigenvalue weighted by atomic mass is 9.86. The number of aromatic nitrogens is 1. The van der Waals surface area contributed by atoms with Crippen LogP contribution in [0.3, 0.4) is 0 Å². The standard InChI is InChI=1S/C16H17N3OS/c1-16(2,3)12-6-4-5-11(9-12)13-10-21-15(18-13)19-14(20)7-8-17/h4-6,9-10H,7H2,1-3H3,(H,18,19,20). The number of hydrogen-bond acceptors (Lipinski definition) is 4. The topological polar surface area (TPSA) is 65.8 Å². The predicted octanol–water partition coefficient (Wildman–Crippen LogP) is 3.96. The summed E-state index contributed by atoms with van der Waals surface area (Å²) in [6.07, 6.45) is -0.158. The van der Waals surface area contributed by atoms with E-state index in [1.165, 1.54) is 16.9 Å². The number of hydrogen-bond donors (Lipinski definition) is 1. The smallest absolute Gasteiger partial charge is 0.240 e. The predicted molar refractivity (Wildman–Crippen MR) is 85.1 cm³/mol. The molecule has 0 bridgehead atoms. The zero-order valence-electron chi connectivity index (χ0n) is 12.3. The van der Waals surface area contributed by atoms with Crippen LogP contribution in [0.4, 0.5) is 5.13 Å². The van der Waals surface area contributed by atoms with E-state index in [2.05, 4.69) is 43.2 Å². The molecule has 5 heteroatoms. The molecule has 1 amide bonds. The first-order valence-electron chi connectivity index (χ1n) is 6.63. The summed E-state index contributed by atoms with van der Waals surface area (Å²) in [4.78, 5) is 15.8. The summed E-state index contributed by atoms with van der Waals surface area (Å²) >= 11 is 1.36. The average Bonchev–Trinajstić information content (AvgIpc) is 2.86. The van der Waals surface area contributed by atoms with Crippen molar-refractivity contribution >= 4 is 22.4 Å². The molecule has 0 fully saturated rings. The molecule has 2 aromatic rings. The number of nitriles is 1. The van der Waals surface area contributed by atoms with Crippen LogP contribution in [0.25, 0.3) is 11.3 Å². The van der Waals surface area contributed by atoms with Gasteiger partial charge in [0.15, 0.2) is 5.13 Å². The van der Waals surface area contributed by atoms with E-state index in [0.717, 1.165) is 11.3 Å². The Morgan fingerprint density at radius 1 is 1.43 bits per heavy atom. The zero-order chi connectivity index (χ0) is 15.5. The number of anilines is 1. The molecule has 0 aliphatic rings. The van der Waals surface area contributed by atoms with Crippen LogP contribution >= 0.6 is 11.3 Å². The third kappa shape index (κ3) is 3.89. The van der Waals surface area contributed by atoms with Gasteiger partial charge in [-0.1, -0.05) is 39.0 Å². The normalized spacial score (nSPS) is 11.0. The molecule has 0 radical (unpaired) electrons. The second-order valence-electron chi connectivity index (χ2n) is 5.75. The third-order valence-corrected chi connectivity index (χ3v) is 3.77. The summed E-state index contributed by atoms with van der Waals surface area (Å²) in [5.41, 5.74) is 3.18. The van der Waals surface area contributed by atoms with Crippen molar-refractivity contribution in [2.45, 2.75) is 32.6 Å². The van der Waals surface area contributed by atoms with Gasteiger partial charge in [0.1, 0.15) is 6.42 Å². The Hall–Kier alpha value is -2.19. The molecule has 0 unspecified atom stereocenters. The first-order chi connectivity index (χ1) is 9.90. The number of carbonyl (C=O) groups is 1. The van der Waals surface area contributed by atoms with Crippen molar-refractivity contribution in [3.8, 4) is 17.3 Å². The summed E-state index contributed by atoms with van der Waals surface area (Å²) in [5.74, 6) is -0.332. The summed E-state index contributed by atoms with van der Waals surface area (Å²) in [6.45, 7) is 6.50. The Kier molecular flexibility index (Phi) is 4.39. The molecule has 0 saturated heterocycles. The summed E-state index contributed by atoms with van der Waals surface area (Å²) in [5, 5.41) is 13.5. The van der Waals surface area contributed by atoms with E-state index in [1.54, 1.807) is 0 Å². The minimum Gasteiger partial charge on any atom is -0.301 e. The Labute approximate surface area is 128 Å². The second kappa shape index (κ2) is 6.06. The molecule has 1 aromatic heterocycles. The van der Waals surface area contributed by atoms with E-state index in [9.17, 15) is 4.79 Å². The van der Waals surface area contributed by atoms with Gasteiger partial charge in [-0.3, -0.25) is 4.79 Å². The number of thiazole rings is 1. The molecule has 1 heterocycles. The van der Waals surface area contributed by atoms with Gasteiger partial charge in [0, 0.05) is 10.9 Å². The summed E-state index contributed by atoms with van der Waals surface area (Å²) in [6, 6.07) is 10.1. The summed E-state index contributed by atoms with van der Waals surface area (Å²) < 4.78 is 0. The van der Waals surface area contributed by atoms with Crippen LogP contribution in [0, 0.1) is 11.3 Å². The van der Waals surface area contributed by atoms with E-state index in [4.69, 9.17) is 5.26 Å². The molecule has 108 valence electrons. The van der Waals surface area contributed by atoms with Crippen LogP contribution in [-0.2, 0) is 10.2 Å². The molecular formula is C16H17N3OS. The van der Waals surface area contributed by atoms with Gasteiger partial charge in [-0.2, -0.15) is 5.26 Å². The highest BCUT2D eigenvalue weighted by Gasteiger charge is 2.15. The van der Waals surface area contributed by atoms with Crippen molar-refractivity contribution in [2.75, 3.05) is 5.32 Å². The fourth-order valence-corrected chi connectivity index (χ4v) is 2.58. The maximum absolute atomic E-state index is 11.4. The van der Waals surface area contributed by atoms with Gasteiger partial charge in [-0.25, -0.2) is 4.98 Å². The van der Waals surface area contributed by atoms with Gasteiger partial charge in [-0.15, -0.1) is 11.3 Å². The molecule has 0 spiro atoms. The molecular weight excluding hydrogens is 282 g/mol. The highest BCUT2D eigenvalue weighted by Crippen LogP contribution is 2.29. The maximum Gasteiger partial charge on any atom is 0.240 e. The Morgan fingerprint density at radius 2 is 2.19 bits per heavy atom. The van der Waals surface area contributed by atoms with E-state index in [1.807, 2.05) is 23.6 Å². The van der Waals surface area contributed by atoms with Crippen LogP contribution < -0.4 is 5.32 Å². The molecule has 1 aromatic carbocycles. The number of carbonyl (C=O) groups excluding carboxylic acids is 1. The van der Waals surface area contributed by atoms with E-state index < -0.39 is 0 Å². The van der Waals surface area contributed by atoms with Crippen molar-refractivity contribution < 1.29 is 4.79 Å². The lowest BCUT2D eigenvalue weighted by Gasteiger charge is -2.19. The van der Waals surface area contributed by atoms with Crippen molar-refractivity contribution in [1.82, 2.24) is 4.98 Å². The molecule has 0 aliphatic carbocycles. The maximum atomic E-state index is 11.4. The molecule has 4 nitrogen and oxygen atoms in total. The lowest BCUT2D eigenvalue weighted by molar-refractivity contribution is -0.115. The van der Waals surface area contributed by atoms with Crippen molar-refractivity contribution in [3.63, 3.8) is 0 Å². The number of rotatable bonds is 3. The fourth-order valence-electron chi connectivity index (χ4n) is 1.84. The van der Waals surface area contributed by atoms with Crippen molar-refractivity contribution in [2.24, 2.45) is 0 Å². The fraction of sp³-hybridized carbons (Fsp3) is 0.312. The van der Waals surface area contributed by atoms with Crippen LogP contribution in [0.2, 0.25) is 0 Å². The zero-order valence-corrected chi connectivity index (χ0v) is 13.1. The van der Waals surface area contributed by atoms with Gasteiger partial charge < -0.3 is 5.32 Å². The first kappa shape index (κ1) is 15.2. The summed E-state index contributed by atoms with van der Waals surface area (Å²) in [7, 11) is 0. The third-order valence-electron chi connectivity index (χ3n) is 3.01. The minimum absolute atomic E-state index is 0.0792. The van der Waals surface area contributed by atoms with Crippen molar-refractivity contribution in [3.05, 3.63) is 35.2 Å². The Balaban J connectivity index is 2.22. The monoisotopic (exact) mass is 299 g/mol. The molecule has 2 rings (SSSR count). The van der Waals surface area contributed by atoms with Gasteiger partial charge >= 0.3 is 0 Å². The van der Waals surface area contributed by atoms with Gasteiger partial charge in [-0.05, 0) is 17.0 Å². The van der Waals surface area contributed by atoms with E-state index in [-0.39, 0.29) is 17.7 Å². The van der Waals surface area contributed by atoms with Crippen LogP contribution in [0.1, 0.15) is 32.8 Å². The number of amides is 1. The van der Waals surface area contributed by atoms with E-state index in [0.29, 0.717) is 5.13 Å². The molecule has 0 saturated carbocycles. The SMILES string of the molecule is CC(C)(C)c1cccc(-c2csc(NC(=O)CC#N)n2)c1. The quantitative estimate of drug-likeness (QED) is 0.933. The highest BCUT2D eigenvalue weighted by molar-refractivity contribution is 7.14. The second-order valence-corrected chi connectivity index (χ2v) is 6.61. The molecule has 1 N–H and O–H groups in total. The molecule has 0 aliphatic heterocycles. The molecule has 0 atom stereocenters. The van der Waals surface area contributed by atoms with Crippen molar-refractivity contribution in [1.29, 1.82) is 5.26 Å².